The van der Waals surface area contributed by atoms with Crippen molar-refractivity contribution in [3.8, 4) is 0 Å². The molecule has 536 valence electrons. The van der Waals surface area contributed by atoms with Crippen LogP contribution in [-0.4, -0.2) is 182 Å². The van der Waals surface area contributed by atoms with Gasteiger partial charge in [0.15, 0.2) is 37.0 Å². The van der Waals surface area contributed by atoms with Crippen LogP contribution in [0.3, 0.4) is 0 Å². The van der Waals surface area contributed by atoms with Crippen molar-refractivity contribution in [2.24, 2.45) is 5.73 Å². The molecule has 3 aromatic carbocycles. The Kier molecular flexibility index (Phi) is 27.2. The summed E-state index contributed by atoms with van der Waals surface area (Å²) in [6.45, 7) is 23.1. The topological polar surface area (TPSA) is 360 Å². The number of amides is 5. The first kappa shape index (κ1) is 77.9. The monoisotopic (exact) mass is 1360 g/mol. The third kappa shape index (κ3) is 23.8. The summed E-state index contributed by atoms with van der Waals surface area (Å²) in [5.41, 5.74) is 2.54. The Morgan fingerprint density at radius 3 is 1.36 bits per heavy atom. The minimum Gasteiger partial charge on any atom is -0.457 e. The van der Waals surface area contributed by atoms with Crippen LogP contribution in [0.2, 0.25) is 0 Å². The maximum absolute atomic E-state index is 15.1. The fourth-order valence-electron chi connectivity index (χ4n) is 11.4. The Bertz CT molecular complexity index is 3040. The highest BCUT2D eigenvalue weighted by atomic mass is 16.7. The number of rotatable bonds is 23. The molecule has 2 saturated heterocycles. The standard InChI is InChI=1S/C69H98N6O22/c1-39(76)86-50(34-35-71-61(81)94-65(5,6)7)58(80)72-48-36-49(74-63(83)96-67(11,12)13)54(92-59-47(33-32-46(37-70)90-59)73-62(82)95-66(8,9)10)57(89-42(4)79)53(48)93-60-56(88-41(3)78)52(75-64(84)97-68(14,15)16)55(87-40(2)77)51(91-60)38-85-69(43-26-20-17-21-27-43,44-28-22-18-23-29-44)45-30-24-19-25-31-45/h17-31,46-57,59-60H,32-38,70H2,1-16H3,(H,71,81)(H,72,80)(H,73,82)(H,74,83)(H,75,84)/t46?,47?,48-,49-,50+,51?,52+,53+,54?,55+,56?,57?,59-,60-/m1/s1. The van der Waals surface area contributed by atoms with Gasteiger partial charge in [-0.2, -0.15) is 0 Å². The van der Waals surface area contributed by atoms with E-state index in [1.54, 1.807) is 83.1 Å². The molecule has 28 heteroatoms. The maximum Gasteiger partial charge on any atom is 0.408 e. The van der Waals surface area contributed by atoms with Gasteiger partial charge in [0.05, 0.1) is 30.8 Å². The molecule has 7 N–H and O–H groups in total. The molecule has 1 aliphatic carbocycles. The normalized spacial score (nSPS) is 24.9. The Morgan fingerprint density at radius 2 is 0.907 bits per heavy atom. The molecular weight excluding hydrogens is 1260 g/mol. The number of ether oxygens (including phenoxy) is 13. The predicted octanol–water partition coefficient (Wildman–Crippen LogP) is 7.16. The summed E-state index contributed by atoms with van der Waals surface area (Å²) in [6, 6.07) is 22.0. The van der Waals surface area contributed by atoms with Crippen molar-refractivity contribution >= 4 is 54.2 Å². The molecule has 6 rings (SSSR count). The molecule has 2 heterocycles. The highest BCUT2D eigenvalue weighted by molar-refractivity contribution is 5.84. The van der Waals surface area contributed by atoms with Crippen molar-refractivity contribution in [1.29, 1.82) is 0 Å². The minimum atomic E-state index is -2.02. The predicted molar refractivity (Wildman–Crippen MR) is 348 cm³/mol. The second-order valence-corrected chi connectivity index (χ2v) is 27.8. The van der Waals surface area contributed by atoms with Crippen molar-refractivity contribution in [2.75, 3.05) is 19.7 Å². The zero-order valence-electron chi connectivity index (χ0n) is 58.3. The van der Waals surface area contributed by atoms with E-state index in [9.17, 15) is 38.4 Å². The van der Waals surface area contributed by atoms with Crippen LogP contribution in [0, 0.1) is 0 Å². The molecular formula is C69H98N6O22. The lowest BCUT2D eigenvalue weighted by Gasteiger charge is -2.51. The van der Waals surface area contributed by atoms with Gasteiger partial charge in [-0.05, 0) is 119 Å². The molecule has 6 unspecified atom stereocenters. The summed E-state index contributed by atoms with van der Waals surface area (Å²) in [5.74, 6) is -4.76. The molecule has 0 spiro atoms. The molecule has 1 saturated carbocycles. The van der Waals surface area contributed by atoms with Crippen molar-refractivity contribution in [3.63, 3.8) is 0 Å². The van der Waals surface area contributed by atoms with Gasteiger partial charge in [0.2, 0.25) is 0 Å². The van der Waals surface area contributed by atoms with Crippen LogP contribution in [0.1, 0.15) is 153 Å². The first-order valence-corrected chi connectivity index (χ1v) is 32.4. The van der Waals surface area contributed by atoms with Crippen LogP contribution in [0.15, 0.2) is 91.0 Å². The van der Waals surface area contributed by atoms with Crippen LogP contribution in [0.4, 0.5) is 19.2 Å². The number of hydrogen-bond donors (Lipinski definition) is 6. The van der Waals surface area contributed by atoms with E-state index in [0.717, 1.165) is 27.7 Å². The van der Waals surface area contributed by atoms with Gasteiger partial charge >= 0.3 is 48.3 Å². The van der Waals surface area contributed by atoms with E-state index >= 15 is 4.79 Å². The lowest BCUT2D eigenvalue weighted by molar-refractivity contribution is -0.322. The van der Waals surface area contributed by atoms with E-state index in [-0.39, 0.29) is 25.9 Å². The summed E-state index contributed by atoms with van der Waals surface area (Å²) in [6.07, 6.45) is -20.4. The molecule has 3 aliphatic rings. The summed E-state index contributed by atoms with van der Waals surface area (Å²) in [5, 5.41) is 13.8. The maximum atomic E-state index is 15.1. The number of carbonyl (C=O) groups is 9. The number of alkyl carbamates (subject to hydrolysis) is 4. The Hall–Kier alpha value is -8.15. The van der Waals surface area contributed by atoms with Gasteiger partial charge in [0.25, 0.3) is 5.91 Å². The number of carbonyl (C=O) groups excluding carboxylic acids is 9. The van der Waals surface area contributed by atoms with Gasteiger partial charge in [-0.3, -0.25) is 24.0 Å². The zero-order chi connectivity index (χ0) is 71.8. The lowest BCUT2D eigenvalue weighted by Crippen LogP contribution is -2.71. The fourth-order valence-corrected chi connectivity index (χ4v) is 11.4. The summed E-state index contributed by atoms with van der Waals surface area (Å²) < 4.78 is 81.7. The van der Waals surface area contributed by atoms with Gasteiger partial charge in [-0.25, -0.2) is 19.2 Å². The highest BCUT2D eigenvalue weighted by Crippen LogP contribution is 2.43. The van der Waals surface area contributed by atoms with E-state index in [2.05, 4.69) is 26.6 Å². The third-order valence-corrected chi connectivity index (χ3v) is 14.9. The first-order valence-electron chi connectivity index (χ1n) is 32.4. The average Bonchev–Trinajstić information content (AvgIpc) is 0.763. The molecule has 2 aliphatic heterocycles. The van der Waals surface area contributed by atoms with E-state index in [1.807, 2.05) is 91.0 Å². The molecule has 0 radical (unpaired) electrons. The number of hydrogen-bond acceptors (Lipinski definition) is 23. The van der Waals surface area contributed by atoms with Crippen LogP contribution in [0.5, 0.6) is 0 Å². The summed E-state index contributed by atoms with van der Waals surface area (Å²) in [4.78, 5) is 124. The fraction of sp³-hybridized carbons (Fsp3) is 0.609. The number of esters is 4. The largest absolute Gasteiger partial charge is 0.457 e. The number of nitrogens with one attached hydrogen (secondary N) is 5. The van der Waals surface area contributed by atoms with E-state index < -0.39 is 181 Å². The molecule has 0 bridgehead atoms. The smallest absolute Gasteiger partial charge is 0.408 e. The van der Waals surface area contributed by atoms with E-state index in [4.69, 9.17) is 67.3 Å². The number of nitrogens with two attached hydrogens (primary N) is 1. The minimum absolute atomic E-state index is 0.0231. The first-order chi connectivity index (χ1) is 45.3. The van der Waals surface area contributed by atoms with Gasteiger partial charge < -0.3 is 93.9 Å². The van der Waals surface area contributed by atoms with Crippen molar-refractivity contribution < 1.29 is 105 Å². The van der Waals surface area contributed by atoms with E-state index in [0.29, 0.717) is 23.1 Å². The Morgan fingerprint density at radius 1 is 0.485 bits per heavy atom. The number of benzene rings is 3. The quantitative estimate of drug-likeness (QED) is 0.0311. The Labute approximate surface area is 566 Å². The van der Waals surface area contributed by atoms with E-state index in [1.165, 1.54) is 0 Å². The van der Waals surface area contributed by atoms with Crippen molar-refractivity contribution in [3.05, 3.63) is 108 Å². The molecule has 28 nitrogen and oxygen atoms in total. The van der Waals surface area contributed by atoms with Crippen LogP contribution in [-0.2, 0) is 91.2 Å². The second kappa shape index (κ2) is 33.9. The second-order valence-electron chi connectivity index (χ2n) is 27.8. The van der Waals surface area contributed by atoms with Crippen molar-refractivity contribution in [1.82, 2.24) is 26.6 Å². The van der Waals surface area contributed by atoms with Crippen LogP contribution in [0.25, 0.3) is 0 Å². The van der Waals surface area contributed by atoms with Crippen molar-refractivity contribution in [2.45, 2.75) is 250 Å². The van der Waals surface area contributed by atoms with Gasteiger partial charge in [-0.1, -0.05) is 91.0 Å². The average molecular weight is 1360 g/mol. The zero-order valence-corrected chi connectivity index (χ0v) is 58.3. The van der Waals surface area contributed by atoms with Gasteiger partial charge in [0, 0.05) is 47.2 Å². The van der Waals surface area contributed by atoms with Crippen LogP contribution < -0.4 is 32.3 Å². The van der Waals surface area contributed by atoms with Gasteiger partial charge in [0.1, 0.15) is 52.4 Å². The molecule has 3 aromatic rings. The SMILES string of the molecule is CC(=O)OC1[C@@H](O[C@@H]2C(OC(C)=O)C(O[C@H]3OC(CN)CCC3NC(=O)OC(C)(C)C)[C@H](NC(=O)OC(C)(C)C)C[C@H]2NC(=O)[C@H](CCNC(=O)OC(C)(C)C)OC(C)=O)OC(COC(c2ccccc2)(c2ccccc2)c2ccccc2)[C@H](OC(C)=O)[C@@H]1NC(=O)OC(C)(C)C. The highest BCUT2D eigenvalue weighted by Gasteiger charge is 2.58. The molecule has 0 aromatic heterocycles. The molecule has 97 heavy (non-hydrogen) atoms. The van der Waals surface area contributed by atoms with Crippen LogP contribution >= 0.6 is 0 Å². The molecule has 3 fully saturated rings. The summed E-state index contributed by atoms with van der Waals surface area (Å²) >= 11 is 0. The summed E-state index contributed by atoms with van der Waals surface area (Å²) in [7, 11) is 0. The lowest BCUT2D eigenvalue weighted by atomic mass is 9.80. The Balaban J connectivity index is 1.61. The third-order valence-electron chi connectivity index (χ3n) is 14.9. The molecule has 14 atom stereocenters. The molecule has 5 amide bonds. The van der Waals surface area contributed by atoms with Gasteiger partial charge in [-0.15, -0.1) is 0 Å².